The van der Waals surface area contributed by atoms with Crippen molar-refractivity contribution in [3.63, 3.8) is 0 Å². The van der Waals surface area contributed by atoms with Gasteiger partial charge < -0.3 is 9.84 Å². The minimum atomic E-state index is -0.121. The van der Waals surface area contributed by atoms with Crippen molar-refractivity contribution < 1.29 is 9.84 Å². The molecule has 0 atom stereocenters. The van der Waals surface area contributed by atoms with Crippen LogP contribution in [0.25, 0.3) is 12.2 Å². The molecule has 0 amide bonds. The number of aromatic hydroxyl groups is 1. The summed E-state index contributed by atoms with van der Waals surface area (Å²) < 4.78 is 7.50. The number of hydrogen-bond donors (Lipinski definition) is 1. The predicted molar refractivity (Wildman–Crippen MR) is 106 cm³/mol. The van der Waals surface area contributed by atoms with Gasteiger partial charge in [0, 0.05) is 13.1 Å². The topological polar surface area (TPSA) is 71.1 Å². The van der Waals surface area contributed by atoms with Crippen molar-refractivity contribution in [2.75, 3.05) is 0 Å². The van der Waals surface area contributed by atoms with Crippen LogP contribution in [0.1, 0.15) is 22.4 Å². The minimum Gasteiger partial charge on any atom is -0.506 e. The highest BCUT2D eigenvalue weighted by Crippen LogP contribution is 2.38. The molecule has 27 heavy (non-hydrogen) atoms. The first-order valence-electron chi connectivity index (χ1n) is 7.96. The van der Waals surface area contributed by atoms with Crippen LogP contribution in [0.15, 0.2) is 36.4 Å². The Morgan fingerprint density at radius 1 is 1.15 bits per heavy atom. The summed E-state index contributed by atoms with van der Waals surface area (Å²) in [5, 5.41) is 23.5. The molecule has 1 aromatic heterocycles. The lowest BCUT2D eigenvalue weighted by Gasteiger charge is -2.10. The third-order valence-corrected chi connectivity index (χ3v) is 4.50. The number of rotatable bonds is 4. The van der Waals surface area contributed by atoms with Gasteiger partial charge >= 0.3 is 0 Å². The van der Waals surface area contributed by atoms with Crippen LogP contribution in [0.5, 0.6) is 17.4 Å². The average Bonchev–Trinajstić information content (AvgIpc) is 2.91. The van der Waals surface area contributed by atoms with Crippen LogP contribution in [0, 0.1) is 18.3 Å². The predicted octanol–water partition coefficient (Wildman–Crippen LogP) is 5.58. The van der Waals surface area contributed by atoms with Crippen molar-refractivity contribution in [1.29, 1.82) is 5.26 Å². The lowest BCUT2D eigenvalue weighted by molar-refractivity contribution is 0.422. The van der Waals surface area contributed by atoms with Gasteiger partial charge in [-0.3, -0.25) is 0 Å². The first kappa shape index (κ1) is 18.8. The number of aromatic nitrogens is 2. The van der Waals surface area contributed by atoms with Gasteiger partial charge in [-0.2, -0.15) is 10.4 Å². The second-order valence-corrected chi connectivity index (χ2v) is 6.65. The highest BCUT2D eigenvalue weighted by atomic mass is 35.5. The Kier molecular flexibility index (Phi) is 5.41. The largest absolute Gasteiger partial charge is 0.506 e. The molecule has 0 aliphatic rings. The van der Waals surface area contributed by atoms with Gasteiger partial charge in [-0.1, -0.05) is 41.4 Å². The van der Waals surface area contributed by atoms with Crippen LogP contribution in [0.4, 0.5) is 0 Å². The third-order valence-electron chi connectivity index (χ3n) is 3.90. The Labute approximate surface area is 166 Å². The van der Waals surface area contributed by atoms with Crippen LogP contribution in [0.3, 0.4) is 0 Å². The Morgan fingerprint density at radius 3 is 2.52 bits per heavy atom. The van der Waals surface area contributed by atoms with Gasteiger partial charge in [-0.05, 0) is 36.8 Å². The molecule has 5 nitrogen and oxygen atoms in total. The normalized spacial score (nSPS) is 10.9. The number of phenols is 1. The number of nitriles is 1. The van der Waals surface area contributed by atoms with Crippen LogP contribution in [0.2, 0.25) is 10.0 Å². The van der Waals surface area contributed by atoms with Gasteiger partial charge in [0.2, 0.25) is 5.88 Å². The first-order valence-corrected chi connectivity index (χ1v) is 8.72. The fraction of sp³-hybridized carbons (Fsp3) is 0.100. The number of benzene rings is 2. The van der Waals surface area contributed by atoms with Gasteiger partial charge in [-0.25, -0.2) is 4.68 Å². The summed E-state index contributed by atoms with van der Waals surface area (Å²) in [7, 11) is 1.76. The molecule has 0 spiro atoms. The highest BCUT2D eigenvalue weighted by Gasteiger charge is 2.16. The molecule has 1 N–H and O–H groups in total. The lowest BCUT2D eigenvalue weighted by Crippen LogP contribution is -1.96. The zero-order valence-electron chi connectivity index (χ0n) is 14.6. The maximum atomic E-state index is 9.81. The molecular formula is C20H15Cl2N3O2. The zero-order chi connectivity index (χ0) is 19.6. The zero-order valence-corrected chi connectivity index (χ0v) is 16.1. The smallest absolute Gasteiger partial charge is 0.225 e. The second-order valence-electron chi connectivity index (χ2n) is 5.83. The maximum absolute atomic E-state index is 9.81. The monoisotopic (exact) mass is 399 g/mol. The van der Waals surface area contributed by atoms with E-state index in [1.807, 2.05) is 31.2 Å². The van der Waals surface area contributed by atoms with Crippen molar-refractivity contribution in [2.45, 2.75) is 6.92 Å². The van der Waals surface area contributed by atoms with E-state index in [4.69, 9.17) is 33.2 Å². The summed E-state index contributed by atoms with van der Waals surface area (Å²) >= 11 is 12.0. The van der Waals surface area contributed by atoms with Crippen LogP contribution >= 0.6 is 23.2 Å². The quantitative estimate of drug-likeness (QED) is 0.621. The van der Waals surface area contributed by atoms with Crippen molar-refractivity contribution in [1.82, 2.24) is 9.78 Å². The van der Waals surface area contributed by atoms with Crippen molar-refractivity contribution in [3.8, 4) is 23.4 Å². The molecular weight excluding hydrogens is 385 g/mol. The summed E-state index contributed by atoms with van der Waals surface area (Å²) in [6.07, 6.45) is 3.78. The molecule has 136 valence electrons. The maximum Gasteiger partial charge on any atom is 0.225 e. The molecule has 2 aromatic carbocycles. The van der Waals surface area contributed by atoms with E-state index in [-0.39, 0.29) is 21.5 Å². The molecule has 0 fully saturated rings. The van der Waals surface area contributed by atoms with E-state index in [9.17, 15) is 5.11 Å². The molecule has 3 rings (SSSR count). The van der Waals surface area contributed by atoms with Gasteiger partial charge in [0.25, 0.3) is 0 Å². The molecule has 0 aliphatic heterocycles. The molecule has 0 saturated carbocycles. The summed E-state index contributed by atoms with van der Waals surface area (Å²) in [5.74, 6) is 0.625. The molecule has 1 heterocycles. The summed E-state index contributed by atoms with van der Waals surface area (Å²) in [6.45, 7) is 1.87. The van der Waals surface area contributed by atoms with Crippen LogP contribution in [-0.4, -0.2) is 14.9 Å². The lowest BCUT2D eigenvalue weighted by atomic mass is 10.1. The second kappa shape index (κ2) is 7.75. The van der Waals surface area contributed by atoms with Crippen molar-refractivity contribution >= 4 is 35.4 Å². The molecule has 0 bridgehead atoms. The summed E-state index contributed by atoms with van der Waals surface area (Å²) in [5.41, 5.74) is 3.08. The molecule has 0 saturated heterocycles. The SMILES string of the molecule is Cc1nn(C)c(Oc2cc(O)c(Cl)cc2Cl)c1C=Cc1ccc(C#N)cc1. The van der Waals surface area contributed by atoms with E-state index in [1.54, 1.807) is 23.9 Å². The van der Waals surface area contributed by atoms with E-state index < -0.39 is 0 Å². The van der Waals surface area contributed by atoms with Gasteiger partial charge in [0.1, 0.15) is 5.75 Å². The Hall–Kier alpha value is -2.94. The summed E-state index contributed by atoms with van der Waals surface area (Å²) in [6, 6.07) is 12.1. The average molecular weight is 400 g/mol. The van der Waals surface area contributed by atoms with Gasteiger partial charge in [0.05, 0.1) is 32.9 Å². The highest BCUT2D eigenvalue weighted by molar-refractivity contribution is 6.36. The van der Waals surface area contributed by atoms with Gasteiger partial charge in [0.15, 0.2) is 5.75 Å². The molecule has 3 aromatic rings. The number of aryl methyl sites for hydroxylation is 2. The number of nitrogens with zero attached hydrogens (tertiary/aromatic N) is 3. The van der Waals surface area contributed by atoms with E-state index in [0.717, 1.165) is 16.8 Å². The molecule has 0 aliphatic carbocycles. The van der Waals surface area contributed by atoms with Gasteiger partial charge in [-0.15, -0.1) is 0 Å². The fourth-order valence-electron chi connectivity index (χ4n) is 2.52. The van der Waals surface area contributed by atoms with E-state index in [1.165, 1.54) is 12.1 Å². The third kappa shape index (κ3) is 4.08. The standard InChI is InChI=1S/C20H15Cl2N3O2/c1-12-15(8-7-13-3-5-14(11-23)6-4-13)20(25(2)24-12)27-19-10-18(26)16(21)9-17(19)22/h3-10,26H,1-2H3. The van der Waals surface area contributed by atoms with Crippen molar-refractivity contribution in [3.05, 3.63) is 68.8 Å². The number of hydrogen-bond acceptors (Lipinski definition) is 4. The minimum absolute atomic E-state index is 0.121. The molecule has 0 unspecified atom stereocenters. The van der Waals surface area contributed by atoms with E-state index >= 15 is 0 Å². The Morgan fingerprint density at radius 2 is 1.85 bits per heavy atom. The Balaban J connectivity index is 1.95. The van der Waals surface area contributed by atoms with Crippen molar-refractivity contribution in [2.24, 2.45) is 7.05 Å². The fourth-order valence-corrected chi connectivity index (χ4v) is 2.94. The summed E-state index contributed by atoms with van der Waals surface area (Å²) in [4.78, 5) is 0. The molecule has 0 radical (unpaired) electrons. The number of phenolic OH excluding ortho intramolecular Hbond substituents is 1. The number of ether oxygens (including phenoxy) is 1. The van der Waals surface area contributed by atoms with E-state index in [2.05, 4.69) is 11.2 Å². The van der Waals surface area contributed by atoms with E-state index in [0.29, 0.717) is 11.4 Å². The van der Waals surface area contributed by atoms with Crippen LogP contribution in [-0.2, 0) is 7.05 Å². The Bertz CT molecular complexity index is 1060. The molecule has 7 heteroatoms. The number of halogens is 2. The first-order chi connectivity index (χ1) is 12.9. The van der Waals surface area contributed by atoms with Crippen LogP contribution < -0.4 is 4.74 Å².